The van der Waals surface area contributed by atoms with Crippen LogP contribution in [-0.2, 0) is 9.53 Å². The van der Waals surface area contributed by atoms with E-state index in [-0.39, 0.29) is 11.9 Å². The molecule has 0 aliphatic heterocycles. The molecule has 2 aromatic carbocycles. The van der Waals surface area contributed by atoms with Crippen molar-refractivity contribution in [3.05, 3.63) is 59.7 Å². The fourth-order valence-electron chi connectivity index (χ4n) is 2.30. The lowest BCUT2D eigenvalue weighted by atomic mass is 10.2. The van der Waals surface area contributed by atoms with Crippen LogP contribution in [0.15, 0.2) is 48.5 Å². The highest BCUT2D eigenvalue weighted by molar-refractivity contribution is 5.95. The Balaban J connectivity index is 2.00. The van der Waals surface area contributed by atoms with Crippen LogP contribution in [0.25, 0.3) is 0 Å². The highest BCUT2D eigenvalue weighted by Crippen LogP contribution is 2.17. The van der Waals surface area contributed by atoms with Gasteiger partial charge >= 0.3 is 5.97 Å². The Morgan fingerprint density at radius 1 is 1.08 bits per heavy atom. The number of rotatable bonds is 7. The first-order chi connectivity index (χ1) is 12.0. The Labute approximate surface area is 148 Å². The van der Waals surface area contributed by atoms with E-state index < -0.39 is 6.10 Å². The highest BCUT2D eigenvalue weighted by Gasteiger charge is 2.18. The lowest BCUT2D eigenvalue weighted by Gasteiger charge is -2.17. The number of ether oxygens (including phenoxy) is 2. The number of amides is 1. The quantitative estimate of drug-likeness (QED) is 0.774. The Bertz CT molecular complexity index is 725. The van der Waals surface area contributed by atoms with Gasteiger partial charge in [-0.25, -0.2) is 4.79 Å². The molecule has 5 nitrogen and oxygen atoms in total. The fraction of sp³-hybridized carbons (Fsp3) is 0.300. The van der Waals surface area contributed by atoms with E-state index in [0.717, 1.165) is 5.56 Å². The summed E-state index contributed by atoms with van der Waals surface area (Å²) in [5, 5.41) is 2.81. The first-order valence-electron chi connectivity index (χ1n) is 8.34. The molecule has 0 saturated heterocycles. The van der Waals surface area contributed by atoms with Crippen molar-refractivity contribution < 1.29 is 19.1 Å². The largest absolute Gasteiger partial charge is 0.481 e. The molecule has 1 atom stereocenters. The van der Waals surface area contributed by atoms with Gasteiger partial charge in [0.25, 0.3) is 5.91 Å². The number of esters is 1. The molecule has 0 unspecified atom stereocenters. The number of carbonyl (C=O) groups excluding carboxylic acids is 2. The molecule has 132 valence electrons. The molecule has 0 saturated carbocycles. The van der Waals surface area contributed by atoms with E-state index in [1.807, 2.05) is 38.1 Å². The van der Waals surface area contributed by atoms with Crippen LogP contribution >= 0.6 is 0 Å². The number of benzene rings is 2. The van der Waals surface area contributed by atoms with Crippen molar-refractivity contribution in [3.8, 4) is 5.75 Å². The average Bonchev–Trinajstić information content (AvgIpc) is 2.60. The van der Waals surface area contributed by atoms with Crippen molar-refractivity contribution in [2.45, 2.75) is 33.3 Å². The van der Waals surface area contributed by atoms with E-state index >= 15 is 0 Å². The molecule has 0 spiro atoms. The van der Waals surface area contributed by atoms with Gasteiger partial charge in [0, 0.05) is 5.69 Å². The third-order valence-corrected chi connectivity index (χ3v) is 3.59. The maximum Gasteiger partial charge on any atom is 0.338 e. The van der Waals surface area contributed by atoms with Crippen LogP contribution in [0, 0.1) is 6.92 Å². The average molecular weight is 341 g/mol. The molecule has 0 aromatic heterocycles. The minimum atomic E-state index is -0.591. The van der Waals surface area contributed by atoms with Gasteiger partial charge in [0.2, 0.25) is 0 Å². The molecule has 1 N–H and O–H groups in total. The second-order valence-corrected chi connectivity index (χ2v) is 5.62. The summed E-state index contributed by atoms with van der Waals surface area (Å²) in [5.74, 6) is 0.0575. The molecule has 25 heavy (non-hydrogen) atoms. The van der Waals surface area contributed by atoms with Crippen molar-refractivity contribution in [3.63, 3.8) is 0 Å². The van der Waals surface area contributed by atoms with Crippen molar-refractivity contribution in [2.24, 2.45) is 0 Å². The molecule has 2 aromatic rings. The number of carbonyl (C=O) groups is 2. The van der Waals surface area contributed by atoms with Gasteiger partial charge < -0.3 is 14.8 Å². The molecule has 0 radical (unpaired) electrons. The SMILES string of the molecule is CCOC(=O)c1ccc(NC(=O)[C@H](CC)Oc2cccc(C)c2)cc1. The van der Waals surface area contributed by atoms with Crippen LogP contribution in [0.1, 0.15) is 36.2 Å². The molecule has 5 heteroatoms. The van der Waals surface area contributed by atoms with E-state index in [2.05, 4.69) is 5.32 Å². The fourth-order valence-corrected chi connectivity index (χ4v) is 2.30. The van der Waals surface area contributed by atoms with Crippen molar-refractivity contribution >= 4 is 17.6 Å². The topological polar surface area (TPSA) is 64.6 Å². The monoisotopic (exact) mass is 341 g/mol. The molecular formula is C20H23NO4. The van der Waals surface area contributed by atoms with Gasteiger partial charge in [0.15, 0.2) is 6.10 Å². The van der Waals surface area contributed by atoms with Gasteiger partial charge in [-0.3, -0.25) is 4.79 Å². The van der Waals surface area contributed by atoms with Crippen LogP contribution in [0.3, 0.4) is 0 Å². The van der Waals surface area contributed by atoms with Crippen LogP contribution in [0.4, 0.5) is 5.69 Å². The zero-order chi connectivity index (χ0) is 18.2. The molecule has 0 bridgehead atoms. The van der Waals surface area contributed by atoms with Crippen LogP contribution in [0.2, 0.25) is 0 Å². The number of hydrogen-bond donors (Lipinski definition) is 1. The zero-order valence-corrected chi connectivity index (χ0v) is 14.7. The van der Waals surface area contributed by atoms with Gasteiger partial charge in [-0.15, -0.1) is 0 Å². The minimum Gasteiger partial charge on any atom is -0.481 e. The molecule has 0 aliphatic carbocycles. The van der Waals surface area contributed by atoms with Crippen LogP contribution in [-0.4, -0.2) is 24.6 Å². The molecule has 0 heterocycles. The second kappa shape index (κ2) is 8.87. The van der Waals surface area contributed by atoms with E-state index in [1.54, 1.807) is 31.2 Å². The Morgan fingerprint density at radius 2 is 1.80 bits per heavy atom. The van der Waals surface area contributed by atoms with E-state index in [9.17, 15) is 9.59 Å². The van der Waals surface area contributed by atoms with Gasteiger partial charge in [-0.1, -0.05) is 19.1 Å². The smallest absolute Gasteiger partial charge is 0.338 e. The second-order valence-electron chi connectivity index (χ2n) is 5.62. The summed E-state index contributed by atoms with van der Waals surface area (Å²) in [4.78, 5) is 24.1. The number of anilines is 1. The molecule has 0 aliphatic rings. The lowest BCUT2D eigenvalue weighted by molar-refractivity contribution is -0.122. The summed E-state index contributed by atoms with van der Waals surface area (Å²) in [7, 11) is 0. The molecular weight excluding hydrogens is 318 g/mol. The first-order valence-corrected chi connectivity index (χ1v) is 8.34. The Morgan fingerprint density at radius 3 is 2.40 bits per heavy atom. The number of hydrogen-bond acceptors (Lipinski definition) is 4. The molecule has 1 amide bonds. The minimum absolute atomic E-state index is 0.229. The van der Waals surface area contributed by atoms with E-state index in [4.69, 9.17) is 9.47 Å². The number of nitrogens with one attached hydrogen (secondary N) is 1. The highest BCUT2D eigenvalue weighted by atomic mass is 16.5. The maximum atomic E-state index is 12.4. The lowest BCUT2D eigenvalue weighted by Crippen LogP contribution is -2.32. The Hall–Kier alpha value is -2.82. The predicted octanol–water partition coefficient (Wildman–Crippen LogP) is 3.97. The number of aryl methyl sites for hydroxylation is 1. The van der Waals surface area contributed by atoms with E-state index in [0.29, 0.717) is 30.0 Å². The van der Waals surface area contributed by atoms with Gasteiger partial charge in [-0.05, 0) is 62.2 Å². The maximum absolute atomic E-state index is 12.4. The summed E-state index contributed by atoms with van der Waals surface area (Å²) in [5.41, 5.74) is 2.12. The normalized spacial score (nSPS) is 11.5. The summed E-state index contributed by atoms with van der Waals surface area (Å²) < 4.78 is 10.7. The van der Waals surface area contributed by atoms with Gasteiger partial charge in [0.05, 0.1) is 12.2 Å². The van der Waals surface area contributed by atoms with Crippen LogP contribution < -0.4 is 10.1 Å². The summed E-state index contributed by atoms with van der Waals surface area (Å²) in [6.07, 6.45) is -0.0488. The van der Waals surface area contributed by atoms with Gasteiger partial charge in [0.1, 0.15) is 5.75 Å². The summed E-state index contributed by atoms with van der Waals surface area (Å²) >= 11 is 0. The van der Waals surface area contributed by atoms with Gasteiger partial charge in [-0.2, -0.15) is 0 Å². The van der Waals surface area contributed by atoms with Crippen molar-refractivity contribution in [1.29, 1.82) is 0 Å². The first kappa shape index (κ1) is 18.5. The third-order valence-electron chi connectivity index (χ3n) is 3.59. The zero-order valence-electron chi connectivity index (χ0n) is 14.7. The summed E-state index contributed by atoms with van der Waals surface area (Å²) in [6.45, 7) is 5.94. The third kappa shape index (κ3) is 5.35. The standard InChI is InChI=1S/C20H23NO4/c1-4-18(25-17-8-6-7-14(3)13-17)19(22)21-16-11-9-15(10-12-16)20(23)24-5-2/h6-13,18H,4-5H2,1-3H3,(H,21,22)/t18-/m0/s1. The Kier molecular flexibility index (Phi) is 6.57. The van der Waals surface area contributed by atoms with Crippen molar-refractivity contribution in [1.82, 2.24) is 0 Å². The molecule has 0 fully saturated rings. The summed E-state index contributed by atoms with van der Waals surface area (Å²) in [6, 6.07) is 14.2. The van der Waals surface area contributed by atoms with Crippen molar-refractivity contribution in [2.75, 3.05) is 11.9 Å². The predicted molar refractivity (Wildman–Crippen MR) is 96.9 cm³/mol. The van der Waals surface area contributed by atoms with Crippen LogP contribution in [0.5, 0.6) is 5.75 Å². The molecule has 2 rings (SSSR count). The van der Waals surface area contributed by atoms with E-state index in [1.165, 1.54) is 0 Å².